The number of hydrogen-bond acceptors (Lipinski definition) is 7. The average Bonchev–Trinajstić information content (AvgIpc) is 2.51. The number of nitrogens with zero attached hydrogens (tertiary/aromatic N) is 3. The molecule has 0 unspecified atom stereocenters. The van der Waals surface area contributed by atoms with E-state index < -0.39 is 9.85 Å². The second-order valence-electron chi connectivity index (χ2n) is 4.30. The number of phenols is 1. The van der Waals surface area contributed by atoms with Crippen LogP contribution in [-0.4, -0.2) is 21.2 Å². The molecular formula is C13H9BrN4O5. The van der Waals surface area contributed by atoms with Gasteiger partial charge in [0.2, 0.25) is 0 Å². The van der Waals surface area contributed by atoms with Crippen LogP contribution in [0, 0.1) is 20.2 Å². The number of phenolic OH excluding ortho intramolecular Hbond substituents is 1. The molecule has 9 nitrogen and oxygen atoms in total. The Balaban J connectivity index is 2.17. The molecule has 0 heterocycles. The fraction of sp³-hybridized carbons (Fsp3) is 0. The predicted octanol–water partition coefficient (Wildman–Crippen LogP) is 3.42. The first-order valence-corrected chi connectivity index (χ1v) is 6.88. The fourth-order valence-electron chi connectivity index (χ4n) is 1.64. The van der Waals surface area contributed by atoms with Gasteiger partial charge in [-0.15, -0.1) is 0 Å². The van der Waals surface area contributed by atoms with E-state index in [0.717, 1.165) is 0 Å². The van der Waals surface area contributed by atoms with Crippen molar-refractivity contribution in [2.45, 2.75) is 0 Å². The molecule has 23 heavy (non-hydrogen) atoms. The van der Waals surface area contributed by atoms with E-state index in [1.165, 1.54) is 42.6 Å². The van der Waals surface area contributed by atoms with Gasteiger partial charge in [-0.05, 0) is 28.1 Å². The van der Waals surface area contributed by atoms with Crippen LogP contribution in [0.25, 0.3) is 0 Å². The fourth-order valence-corrected chi connectivity index (χ4v) is 2.11. The molecule has 0 saturated heterocycles. The summed E-state index contributed by atoms with van der Waals surface area (Å²) in [6, 6.07) is 7.87. The van der Waals surface area contributed by atoms with Crippen LogP contribution in [0.2, 0.25) is 0 Å². The Morgan fingerprint density at radius 1 is 1.09 bits per heavy atom. The topological polar surface area (TPSA) is 131 Å². The van der Waals surface area contributed by atoms with Gasteiger partial charge >= 0.3 is 0 Å². The van der Waals surface area contributed by atoms with E-state index in [9.17, 15) is 25.3 Å². The van der Waals surface area contributed by atoms with Crippen molar-refractivity contribution in [2.24, 2.45) is 5.10 Å². The number of nitrogens with one attached hydrogen (secondary N) is 1. The zero-order valence-corrected chi connectivity index (χ0v) is 12.9. The largest absolute Gasteiger partial charge is 0.506 e. The minimum atomic E-state index is -0.592. The first-order valence-electron chi connectivity index (χ1n) is 6.09. The third-order valence-corrected chi connectivity index (χ3v) is 3.37. The van der Waals surface area contributed by atoms with E-state index in [1.807, 2.05) is 0 Å². The van der Waals surface area contributed by atoms with E-state index in [0.29, 0.717) is 5.69 Å². The Morgan fingerprint density at radius 3 is 2.26 bits per heavy atom. The molecule has 0 aliphatic rings. The maximum absolute atomic E-state index is 10.8. The molecule has 0 saturated carbocycles. The van der Waals surface area contributed by atoms with Gasteiger partial charge in [-0.25, -0.2) is 0 Å². The van der Waals surface area contributed by atoms with Gasteiger partial charge < -0.3 is 5.11 Å². The van der Waals surface area contributed by atoms with Gasteiger partial charge in [0.15, 0.2) is 0 Å². The first kappa shape index (κ1) is 16.4. The molecule has 0 amide bonds. The lowest BCUT2D eigenvalue weighted by atomic mass is 10.2. The summed E-state index contributed by atoms with van der Waals surface area (Å²) in [5.41, 5.74) is 2.97. The molecule has 2 rings (SSSR count). The van der Waals surface area contributed by atoms with Crippen molar-refractivity contribution in [2.75, 3.05) is 5.43 Å². The van der Waals surface area contributed by atoms with Gasteiger partial charge in [0.05, 0.1) is 26.2 Å². The van der Waals surface area contributed by atoms with Crippen molar-refractivity contribution in [3.05, 3.63) is 66.7 Å². The minimum absolute atomic E-state index is 0.0558. The molecule has 2 aromatic carbocycles. The van der Waals surface area contributed by atoms with Gasteiger partial charge in [0.1, 0.15) is 5.75 Å². The molecule has 0 aliphatic heterocycles. The quantitative estimate of drug-likeness (QED) is 0.464. The number of anilines is 1. The summed E-state index contributed by atoms with van der Waals surface area (Å²) in [7, 11) is 0. The van der Waals surface area contributed by atoms with E-state index in [4.69, 9.17) is 0 Å². The average molecular weight is 381 g/mol. The number of benzene rings is 2. The Bertz CT molecular complexity index is 792. The van der Waals surface area contributed by atoms with Crippen LogP contribution < -0.4 is 5.43 Å². The number of rotatable bonds is 5. The van der Waals surface area contributed by atoms with Gasteiger partial charge in [0, 0.05) is 29.8 Å². The number of nitro benzene ring substituents is 2. The highest BCUT2D eigenvalue weighted by atomic mass is 79.9. The van der Waals surface area contributed by atoms with Crippen molar-refractivity contribution in [1.29, 1.82) is 0 Å². The molecule has 0 radical (unpaired) electrons. The van der Waals surface area contributed by atoms with Gasteiger partial charge in [-0.3, -0.25) is 25.7 Å². The van der Waals surface area contributed by atoms with Crippen molar-refractivity contribution in [3.63, 3.8) is 0 Å². The number of non-ortho nitro benzene ring substituents is 2. The van der Waals surface area contributed by atoms with Crippen molar-refractivity contribution in [1.82, 2.24) is 0 Å². The van der Waals surface area contributed by atoms with Crippen molar-refractivity contribution in [3.8, 4) is 5.75 Å². The van der Waals surface area contributed by atoms with E-state index >= 15 is 0 Å². The molecule has 2 N–H and O–H groups in total. The highest BCUT2D eigenvalue weighted by molar-refractivity contribution is 9.10. The van der Waals surface area contributed by atoms with Crippen LogP contribution in [0.3, 0.4) is 0 Å². The number of hydrazone groups is 1. The second kappa shape index (κ2) is 6.83. The summed E-state index contributed by atoms with van der Waals surface area (Å²) >= 11 is 3.02. The summed E-state index contributed by atoms with van der Waals surface area (Å²) in [5.74, 6) is -0.190. The highest BCUT2D eigenvalue weighted by Gasteiger charge is 2.13. The molecule has 0 atom stereocenters. The van der Waals surface area contributed by atoms with Crippen molar-refractivity contribution < 1.29 is 15.0 Å². The third-order valence-electron chi connectivity index (χ3n) is 2.76. The summed E-state index contributed by atoms with van der Waals surface area (Å²) in [5, 5.41) is 35.0. The van der Waals surface area contributed by atoms with Crippen LogP contribution in [-0.2, 0) is 0 Å². The lowest BCUT2D eigenvalue weighted by Crippen LogP contribution is -1.94. The van der Waals surface area contributed by atoms with E-state index in [-0.39, 0.29) is 27.2 Å². The van der Waals surface area contributed by atoms with Gasteiger partial charge in [-0.2, -0.15) is 5.10 Å². The number of hydrogen-bond donors (Lipinski definition) is 2. The summed E-state index contributed by atoms with van der Waals surface area (Å²) < 4.78 is 0.170. The van der Waals surface area contributed by atoms with E-state index in [1.54, 1.807) is 0 Å². The lowest BCUT2D eigenvalue weighted by Gasteiger charge is -2.03. The SMILES string of the molecule is O=[N+]([O-])c1ccc(N/N=C\c2cc([N+](=O)[O-])cc(Br)c2O)cc1. The summed E-state index contributed by atoms with van der Waals surface area (Å²) in [4.78, 5) is 20.2. The Morgan fingerprint density at radius 2 is 1.70 bits per heavy atom. The standard InChI is InChI=1S/C13H9BrN4O5/c14-12-6-11(18(22)23)5-8(13(12)19)7-15-16-9-1-3-10(4-2-9)17(20)21/h1-7,16,19H/b15-7-. The Kier molecular flexibility index (Phi) is 4.86. The van der Waals surface area contributed by atoms with Gasteiger partial charge in [-0.1, -0.05) is 0 Å². The molecule has 0 aliphatic carbocycles. The molecule has 0 spiro atoms. The monoisotopic (exact) mass is 380 g/mol. The number of nitro groups is 2. The minimum Gasteiger partial charge on any atom is -0.506 e. The number of aromatic hydroxyl groups is 1. The molecule has 0 bridgehead atoms. The molecule has 118 valence electrons. The molecular weight excluding hydrogens is 372 g/mol. The predicted molar refractivity (Wildman–Crippen MR) is 86.8 cm³/mol. The smallest absolute Gasteiger partial charge is 0.271 e. The normalized spacial score (nSPS) is 10.7. The summed E-state index contributed by atoms with van der Waals surface area (Å²) in [6.07, 6.45) is 1.20. The first-order chi connectivity index (χ1) is 10.9. The van der Waals surface area contributed by atoms with Crippen LogP contribution in [0.4, 0.5) is 17.1 Å². The number of halogens is 1. The molecule has 10 heteroatoms. The Labute approximate surface area is 137 Å². The molecule has 2 aromatic rings. The van der Waals surface area contributed by atoms with Crippen LogP contribution in [0.15, 0.2) is 46.0 Å². The van der Waals surface area contributed by atoms with Crippen LogP contribution in [0.1, 0.15) is 5.56 Å². The van der Waals surface area contributed by atoms with Crippen molar-refractivity contribution >= 4 is 39.2 Å². The third kappa shape index (κ3) is 4.01. The van der Waals surface area contributed by atoms with Crippen LogP contribution >= 0.6 is 15.9 Å². The zero-order chi connectivity index (χ0) is 17.0. The maximum atomic E-state index is 10.8. The Hall–Kier alpha value is -3.01. The van der Waals surface area contributed by atoms with Gasteiger partial charge in [0.25, 0.3) is 11.4 Å². The zero-order valence-electron chi connectivity index (χ0n) is 11.3. The van der Waals surface area contributed by atoms with E-state index in [2.05, 4.69) is 26.5 Å². The molecule has 0 aromatic heterocycles. The maximum Gasteiger partial charge on any atom is 0.271 e. The van der Waals surface area contributed by atoms with Crippen LogP contribution in [0.5, 0.6) is 5.75 Å². The second-order valence-corrected chi connectivity index (χ2v) is 5.15. The summed E-state index contributed by atoms with van der Waals surface area (Å²) in [6.45, 7) is 0. The highest BCUT2D eigenvalue weighted by Crippen LogP contribution is 2.31. The molecule has 0 fully saturated rings. The lowest BCUT2D eigenvalue weighted by molar-refractivity contribution is -0.385.